The van der Waals surface area contributed by atoms with Gasteiger partial charge in [0, 0.05) is 12.6 Å². The molecular formula is C13H25NS. The van der Waals surface area contributed by atoms with Crippen molar-refractivity contribution in [3.63, 3.8) is 0 Å². The summed E-state index contributed by atoms with van der Waals surface area (Å²) in [6, 6.07) is 0.890. The van der Waals surface area contributed by atoms with Crippen molar-refractivity contribution in [1.82, 2.24) is 4.90 Å². The van der Waals surface area contributed by atoms with Crippen LogP contribution in [0.3, 0.4) is 0 Å². The molecule has 2 aliphatic rings. The van der Waals surface area contributed by atoms with Crippen LogP contribution in [0.5, 0.6) is 0 Å². The lowest BCUT2D eigenvalue weighted by Crippen LogP contribution is -2.43. The molecule has 1 nitrogen and oxygen atoms in total. The maximum atomic E-state index is 4.52. The van der Waals surface area contributed by atoms with Crippen LogP contribution in [-0.2, 0) is 0 Å². The molecule has 88 valence electrons. The fourth-order valence-corrected chi connectivity index (χ4v) is 3.32. The van der Waals surface area contributed by atoms with Gasteiger partial charge in [-0.1, -0.05) is 19.8 Å². The summed E-state index contributed by atoms with van der Waals surface area (Å²) in [7, 11) is 0. The average Bonchev–Trinajstić information content (AvgIpc) is 3.02. The Balaban J connectivity index is 1.87. The van der Waals surface area contributed by atoms with Crippen molar-refractivity contribution in [1.29, 1.82) is 0 Å². The third-order valence-corrected chi connectivity index (χ3v) is 4.87. The molecule has 0 bridgehead atoms. The summed E-state index contributed by atoms with van der Waals surface area (Å²) >= 11 is 4.52. The van der Waals surface area contributed by atoms with Crippen LogP contribution >= 0.6 is 12.6 Å². The van der Waals surface area contributed by atoms with Gasteiger partial charge in [0.05, 0.1) is 0 Å². The van der Waals surface area contributed by atoms with Crippen molar-refractivity contribution in [2.45, 2.75) is 57.9 Å². The minimum Gasteiger partial charge on any atom is -0.300 e. The number of hydrogen-bond donors (Lipinski definition) is 1. The van der Waals surface area contributed by atoms with Crippen molar-refractivity contribution < 1.29 is 0 Å². The number of rotatable bonds is 5. The van der Waals surface area contributed by atoms with Gasteiger partial charge in [0.1, 0.15) is 0 Å². The maximum Gasteiger partial charge on any atom is 0.00954 e. The maximum absolute atomic E-state index is 4.52. The third kappa shape index (κ3) is 2.91. The number of piperidine rings is 1. The van der Waals surface area contributed by atoms with Crippen LogP contribution in [0.4, 0.5) is 0 Å². The van der Waals surface area contributed by atoms with Crippen molar-refractivity contribution in [2.24, 2.45) is 5.41 Å². The molecule has 15 heavy (non-hydrogen) atoms. The topological polar surface area (TPSA) is 3.24 Å². The molecule has 0 amide bonds. The quantitative estimate of drug-likeness (QED) is 0.705. The number of thiol groups is 1. The highest BCUT2D eigenvalue weighted by Gasteiger charge is 2.43. The van der Waals surface area contributed by atoms with Gasteiger partial charge in [-0.2, -0.15) is 12.6 Å². The fourth-order valence-electron chi connectivity index (χ4n) is 2.90. The Labute approximate surface area is 100 Å². The first-order valence-corrected chi connectivity index (χ1v) is 7.28. The molecule has 0 aromatic rings. The van der Waals surface area contributed by atoms with E-state index in [1.807, 2.05) is 0 Å². The van der Waals surface area contributed by atoms with E-state index < -0.39 is 0 Å². The van der Waals surface area contributed by atoms with Crippen LogP contribution in [0.1, 0.15) is 51.9 Å². The Morgan fingerprint density at radius 3 is 2.73 bits per heavy atom. The first-order valence-electron chi connectivity index (χ1n) is 6.64. The highest BCUT2D eigenvalue weighted by atomic mass is 32.1. The highest BCUT2D eigenvalue weighted by Crippen LogP contribution is 2.47. The van der Waals surface area contributed by atoms with E-state index in [2.05, 4.69) is 24.5 Å². The zero-order chi connectivity index (χ0) is 10.7. The summed E-state index contributed by atoms with van der Waals surface area (Å²) < 4.78 is 0. The first-order chi connectivity index (χ1) is 7.29. The molecule has 0 aromatic heterocycles. The van der Waals surface area contributed by atoms with E-state index in [1.165, 1.54) is 58.0 Å². The standard InChI is InChI=1S/C13H25NS/c1-2-5-12-6-3-4-9-14(12)10-13(11-15)7-8-13/h12,15H,2-11H2,1H3. The van der Waals surface area contributed by atoms with Gasteiger partial charge < -0.3 is 0 Å². The van der Waals surface area contributed by atoms with Gasteiger partial charge in [-0.3, -0.25) is 4.90 Å². The molecule has 1 aliphatic carbocycles. The fraction of sp³-hybridized carbons (Fsp3) is 1.00. The van der Waals surface area contributed by atoms with Gasteiger partial charge in [-0.15, -0.1) is 0 Å². The highest BCUT2D eigenvalue weighted by molar-refractivity contribution is 7.80. The van der Waals surface area contributed by atoms with Crippen LogP contribution in [0.25, 0.3) is 0 Å². The van der Waals surface area contributed by atoms with Crippen molar-refractivity contribution in [2.75, 3.05) is 18.8 Å². The Morgan fingerprint density at radius 2 is 2.13 bits per heavy atom. The van der Waals surface area contributed by atoms with Gasteiger partial charge in [-0.05, 0) is 49.8 Å². The van der Waals surface area contributed by atoms with Crippen molar-refractivity contribution >= 4 is 12.6 Å². The molecule has 0 radical (unpaired) electrons. The van der Waals surface area contributed by atoms with Gasteiger partial charge in [0.15, 0.2) is 0 Å². The Kier molecular flexibility index (Phi) is 4.00. The number of hydrogen-bond acceptors (Lipinski definition) is 2. The second-order valence-corrected chi connectivity index (χ2v) is 5.88. The van der Waals surface area contributed by atoms with E-state index >= 15 is 0 Å². The van der Waals surface area contributed by atoms with Crippen LogP contribution in [0.2, 0.25) is 0 Å². The molecule has 1 aliphatic heterocycles. The second-order valence-electron chi connectivity index (χ2n) is 5.57. The molecule has 2 rings (SSSR count). The Morgan fingerprint density at radius 1 is 1.33 bits per heavy atom. The minimum absolute atomic E-state index is 0.618. The van der Waals surface area contributed by atoms with Crippen LogP contribution in [0, 0.1) is 5.41 Å². The van der Waals surface area contributed by atoms with E-state index in [9.17, 15) is 0 Å². The van der Waals surface area contributed by atoms with Gasteiger partial charge in [-0.25, -0.2) is 0 Å². The minimum atomic E-state index is 0.618. The summed E-state index contributed by atoms with van der Waals surface area (Å²) in [6.45, 7) is 5.00. The largest absolute Gasteiger partial charge is 0.300 e. The molecule has 1 saturated heterocycles. The van der Waals surface area contributed by atoms with Gasteiger partial charge >= 0.3 is 0 Å². The van der Waals surface area contributed by atoms with Crippen LogP contribution in [-0.4, -0.2) is 29.8 Å². The molecule has 0 N–H and O–H groups in total. The summed E-state index contributed by atoms with van der Waals surface area (Å²) in [5.41, 5.74) is 0.618. The molecule has 1 saturated carbocycles. The number of likely N-dealkylation sites (tertiary alicyclic amines) is 1. The third-order valence-electron chi connectivity index (χ3n) is 4.20. The Bertz CT molecular complexity index is 199. The van der Waals surface area contributed by atoms with Gasteiger partial charge in [0.2, 0.25) is 0 Å². The lowest BCUT2D eigenvalue weighted by atomic mass is 9.96. The van der Waals surface area contributed by atoms with E-state index in [4.69, 9.17) is 0 Å². The first kappa shape index (κ1) is 11.8. The van der Waals surface area contributed by atoms with E-state index in [1.54, 1.807) is 0 Å². The molecule has 2 heteroatoms. The predicted octanol–water partition coefficient (Wildman–Crippen LogP) is 3.35. The molecular weight excluding hydrogens is 202 g/mol. The lowest BCUT2D eigenvalue weighted by Gasteiger charge is -2.38. The van der Waals surface area contributed by atoms with Crippen molar-refractivity contribution in [3.8, 4) is 0 Å². The summed E-state index contributed by atoms with van der Waals surface area (Å²) in [5.74, 6) is 1.10. The smallest absolute Gasteiger partial charge is 0.00954 e. The predicted molar refractivity (Wildman–Crippen MR) is 69.6 cm³/mol. The molecule has 0 spiro atoms. The summed E-state index contributed by atoms with van der Waals surface area (Å²) in [4.78, 5) is 2.77. The molecule has 1 unspecified atom stereocenters. The SMILES string of the molecule is CCCC1CCCCN1CC1(CS)CC1. The van der Waals surface area contributed by atoms with Crippen LogP contribution in [0.15, 0.2) is 0 Å². The zero-order valence-electron chi connectivity index (χ0n) is 10.0. The summed E-state index contributed by atoms with van der Waals surface area (Å²) in [6.07, 6.45) is 9.91. The van der Waals surface area contributed by atoms with E-state index in [0.717, 1.165) is 11.8 Å². The molecule has 1 heterocycles. The zero-order valence-corrected chi connectivity index (χ0v) is 10.9. The number of nitrogens with zero attached hydrogens (tertiary/aromatic N) is 1. The average molecular weight is 227 g/mol. The van der Waals surface area contributed by atoms with Crippen LogP contribution < -0.4 is 0 Å². The molecule has 2 fully saturated rings. The van der Waals surface area contributed by atoms with E-state index in [0.29, 0.717) is 5.41 Å². The second kappa shape index (κ2) is 5.09. The molecule has 0 aromatic carbocycles. The Hall–Kier alpha value is 0.310. The van der Waals surface area contributed by atoms with Crippen molar-refractivity contribution in [3.05, 3.63) is 0 Å². The molecule has 1 atom stereocenters. The lowest BCUT2D eigenvalue weighted by molar-refractivity contribution is 0.116. The normalized spacial score (nSPS) is 30.4. The summed E-state index contributed by atoms with van der Waals surface area (Å²) in [5, 5.41) is 0. The van der Waals surface area contributed by atoms with E-state index in [-0.39, 0.29) is 0 Å². The van der Waals surface area contributed by atoms with Gasteiger partial charge in [0.25, 0.3) is 0 Å². The monoisotopic (exact) mass is 227 g/mol.